The Bertz CT molecular complexity index is 751. The van der Waals surface area contributed by atoms with Crippen LogP contribution in [0.25, 0.3) is 11.0 Å². The van der Waals surface area contributed by atoms with Crippen LogP contribution in [0.5, 0.6) is 0 Å². The summed E-state index contributed by atoms with van der Waals surface area (Å²) in [5, 5.41) is 0. The number of fused-ring (bicyclic) bond motifs is 1. The summed E-state index contributed by atoms with van der Waals surface area (Å²) < 4.78 is 7.50. The van der Waals surface area contributed by atoms with Gasteiger partial charge in [-0.25, -0.2) is 9.59 Å². The fraction of sp³-hybridized carbons (Fsp3) is 0.417. The Morgan fingerprint density at radius 2 is 2.05 bits per heavy atom. The average molecular weight is 265 g/mol. The van der Waals surface area contributed by atoms with Crippen LogP contribution >= 0.6 is 0 Å². The number of carbonyl (C=O) groups excluding carboxylic acids is 1. The number of hydrogen-bond acceptors (Lipinski definition) is 4. The molecule has 1 N–H and O–H groups in total. The van der Waals surface area contributed by atoms with E-state index >= 15 is 0 Å². The Kier molecular flexibility index (Phi) is 3.28. The molecule has 0 aromatic carbocycles. The van der Waals surface area contributed by atoms with E-state index < -0.39 is 17.2 Å². The number of hydrogen-bond donors (Lipinski definition) is 1. The highest BCUT2D eigenvalue weighted by molar-refractivity contribution is 6.02. The average Bonchev–Trinajstić information content (AvgIpc) is 2.67. The quantitative estimate of drug-likeness (QED) is 0.805. The maximum atomic E-state index is 12.2. The number of H-pyrrole nitrogens is 1. The number of rotatable bonds is 3. The zero-order chi connectivity index (χ0) is 14.2. The van der Waals surface area contributed by atoms with E-state index in [4.69, 9.17) is 4.74 Å². The lowest BCUT2D eigenvalue weighted by Crippen LogP contribution is -2.35. The van der Waals surface area contributed by atoms with Crippen LogP contribution in [0.4, 0.5) is 0 Å². The van der Waals surface area contributed by atoms with Crippen LogP contribution in [-0.4, -0.2) is 26.7 Å². The molecule has 0 saturated heterocycles. The third-order valence-corrected chi connectivity index (χ3v) is 2.92. The molecule has 0 saturated carbocycles. The Morgan fingerprint density at radius 3 is 2.63 bits per heavy atom. The second-order valence-electron chi connectivity index (χ2n) is 4.08. The summed E-state index contributed by atoms with van der Waals surface area (Å²) in [7, 11) is 1.64. The predicted octanol–water partition coefficient (Wildman–Crippen LogP) is 0.225. The first-order valence-electron chi connectivity index (χ1n) is 6.00. The molecule has 102 valence electrons. The minimum Gasteiger partial charge on any atom is -0.462 e. The van der Waals surface area contributed by atoms with E-state index in [1.807, 2.05) is 0 Å². The highest BCUT2D eigenvalue weighted by Crippen LogP contribution is 2.15. The second-order valence-corrected chi connectivity index (χ2v) is 4.08. The van der Waals surface area contributed by atoms with Crippen LogP contribution < -0.4 is 11.2 Å². The molecule has 19 heavy (non-hydrogen) atoms. The molecule has 0 bridgehead atoms. The monoisotopic (exact) mass is 265 g/mol. The van der Waals surface area contributed by atoms with Crippen molar-refractivity contribution < 1.29 is 9.53 Å². The molecule has 0 aliphatic rings. The molecule has 7 heteroatoms. The van der Waals surface area contributed by atoms with Gasteiger partial charge in [0.2, 0.25) is 0 Å². The molecule has 0 aliphatic heterocycles. The zero-order valence-corrected chi connectivity index (χ0v) is 11.0. The Hall–Kier alpha value is -2.31. The summed E-state index contributed by atoms with van der Waals surface area (Å²) in [6.07, 6.45) is 1.49. The molecular formula is C12H15N3O4. The number of nitrogens with one attached hydrogen (secondary N) is 1. The maximum absolute atomic E-state index is 12.2. The first-order valence-corrected chi connectivity index (χ1v) is 6.00. The van der Waals surface area contributed by atoms with Crippen molar-refractivity contribution >= 4 is 17.0 Å². The number of aromatic nitrogens is 3. The molecule has 2 aromatic heterocycles. The van der Waals surface area contributed by atoms with Crippen LogP contribution in [0.15, 0.2) is 15.8 Å². The van der Waals surface area contributed by atoms with Crippen LogP contribution in [0.1, 0.15) is 24.2 Å². The van der Waals surface area contributed by atoms with Gasteiger partial charge in [-0.2, -0.15) is 0 Å². The lowest BCUT2D eigenvalue weighted by atomic mass is 10.3. The van der Waals surface area contributed by atoms with Crippen molar-refractivity contribution in [3.05, 3.63) is 32.6 Å². The van der Waals surface area contributed by atoms with Crippen molar-refractivity contribution in [1.29, 1.82) is 0 Å². The van der Waals surface area contributed by atoms with Crippen molar-refractivity contribution in [2.75, 3.05) is 6.61 Å². The van der Waals surface area contributed by atoms with Crippen LogP contribution in [-0.2, 0) is 18.3 Å². The van der Waals surface area contributed by atoms with Crippen molar-refractivity contribution in [3.8, 4) is 0 Å². The van der Waals surface area contributed by atoms with Gasteiger partial charge in [0.25, 0.3) is 5.56 Å². The normalized spacial score (nSPS) is 10.9. The lowest BCUT2D eigenvalue weighted by molar-refractivity contribution is 0.0528. The molecule has 0 unspecified atom stereocenters. The third-order valence-electron chi connectivity index (χ3n) is 2.92. The molecule has 0 atom stereocenters. The Morgan fingerprint density at radius 1 is 1.37 bits per heavy atom. The van der Waals surface area contributed by atoms with Gasteiger partial charge in [-0.15, -0.1) is 0 Å². The summed E-state index contributed by atoms with van der Waals surface area (Å²) in [5.74, 6) is -0.558. The number of aromatic amines is 1. The summed E-state index contributed by atoms with van der Waals surface area (Å²) in [4.78, 5) is 38.3. The minimum absolute atomic E-state index is 0.191. The van der Waals surface area contributed by atoms with Crippen LogP contribution in [0.2, 0.25) is 0 Å². The van der Waals surface area contributed by atoms with Crippen molar-refractivity contribution in [3.63, 3.8) is 0 Å². The standard InChI is InChI=1S/C12H15N3O4/c1-4-15-10(16)9-8(13-12(15)18)7(6-14(9)3)11(17)19-5-2/h6H,4-5H2,1-3H3,(H,13,18). The predicted molar refractivity (Wildman–Crippen MR) is 69.4 cm³/mol. The van der Waals surface area contributed by atoms with Crippen LogP contribution in [0, 0.1) is 0 Å². The maximum Gasteiger partial charge on any atom is 0.341 e. The molecule has 2 aromatic rings. The summed E-state index contributed by atoms with van der Waals surface area (Å²) in [5.41, 5.74) is -0.252. The van der Waals surface area contributed by atoms with Gasteiger partial charge in [0.05, 0.1) is 12.1 Å². The van der Waals surface area contributed by atoms with Gasteiger partial charge in [-0.05, 0) is 13.8 Å². The molecule has 0 radical (unpaired) electrons. The Balaban J connectivity index is 2.83. The zero-order valence-electron chi connectivity index (χ0n) is 11.0. The van der Waals surface area contributed by atoms with Crippen molar-refractivity contribution in [1.82, 2.24) is 14.1 Å². The number of ether oxygens (including phenoxy) is 1. The summed E-state index contributed by atoms with van der Waals surface area (Å²) >= 11 is 0. The van der Waals surface area contributed by atoms with Gasteiger partial charge in [0.1, 0.15) is 11.1 Å². The molecule has 2 rings (SSSR count). The first kappa shape index (κ1) is 13.1. The van der Waals surface area contributed by atoms with Gasteiger partial charge in [-0.3, -0.25) is 9.36 Å². The highest BCUT2D eigenvalue weighted by Gasteiger charge is 2.19. The molecule has 0 aliphatic carbocycles. The SMILES string of the molecule is CCOC(=O)c1cn(C)c2c(=O)n(CC)c(=O)[nH]c12. The van der Waals surface area contributed by atoms with Gasteiger partial charge in [-0.1, -0.05) is 0 Å². The topological polar surface area (TPSA) is 86.1 Å². The smallest absolute Gasteiger partial charge is 0.341 e. The van der Waals surface area contributed by atoms with Crippen LogP contribution in [0.3, 0.4) is 0 Å². The summed E-state index contributed by atoms with van der Waals surface area (Å²) in [6, 6.07) is 0. The van der Waals surface area contributed by atoms with E-state index in [1.54, 1.807) is 20.9 Å². The molecule has 0 fully saturated rings. The van der Waals surface area contributed by atoms with E-state index in [1.165, 1.54) is 10.8 Å². The van der Waals surface area contributed by atoms with E-state index in [-0.39, 0.29) is 29.7 Å². The molecule has 0 amide bonds. The largest absolute Gasteiger partial charge is 0.462 e. The van der Waals surface area contributed by atoms with E-state index in [0.29, 0.717) is 0 Å². The minimum atomic E-state index is -0.558. The van der Waals surface area contributed by atoms with Gasteiger partial charge in [0.15, 0.2) is 0 Å². The lowest BCUT2D eigenvalue weighted by Gasteiger charge is -2.02. The number of carbonyl (C=O) groups is 1. The van der Waals surface area contributed by atoms with Gasteiger partial charge < -0.3 is 14.3 Å². The fourth-order valence-corrected chi connectivity index (χ4v) is 2.06. The number of esters is 1. The molecular weight excluding hydrogens is 250 g/mol. The van der Waals surface area contributed by atoms with Crippen molar-refractivity contribution in [2.45, 2.75) is 20.4 Å². The third kappa shape index (κ3) is 1.96. The highest BCUT2D eigenvalue weighted by atomic mass is 16.5. The Labute approximate surface area is 108 Å². The molecule has 7 nitrogen and oxygen atoms in total. The molecule has 2 heterocycles. The molecule has 0 spiro atoms. The number of nitrogens with zero attached hydrogens (tertiary/aromatic N) is 2. The van der Waals surface area contributed by atoms with Gasteiger partial charge >= 0.3 is 11.7 Å². The fourth-order valence-electron chi connectivity index (χ4n) is 2.06. The second kappa shape index (κ2) is 4.75. The van der Waals surface area contributed by atoms with E-state index in [9.17, 15) is 14.4 Å². The first-order chi connectivity index (χ1) is 9.01. The van der Waals surface area contributed by atoms with Gasteiger partial charge in [0, 0.05) is 19.8 Å². The number of aryl methyl sites for hydroxylation is 1. The summed E-state index contributed by atoms with van der Waals surface area (Å²) in [6.45, 7) is 3.89. The van der Waals surface area contributed by atoms with E-state index in [2.05, 4.69) is 4.98 Å². The van der Waals surface area contributed by atoms with E-state index in [0.717, 1.165) is 4.57 Å². The van der Waals surface area contributed by atoms with Crippen molar-refractivity contribution in [2.24, 2.45) is 7.05 Å².